The van der Waals surface area contributed by atoms with Gasteiger partial charge in [0.25, 0.3) is 0 Å². The van der Waals surface area contributed by atoms with E-state index in [4.69, 9.17) is 0 Å². The van der Waals surface area contributed by atoms with E-state index in [0.717, 1.165) is 24.9 Å². The fourth-order valence-electron chi connectivity index (χ4n) is 1.40. The number of anilines is 2. The molecule has 0 atom stereocenters. The minimum absolute atomic E-state index is 0.319. The van der Waals surface area contributed by atoms with Crippen LogP contribution in [0.25, 0.3) is 0 Å². The number of aromatic nitrogens is 2. The Morgan fingerprint density at radius 1 is 1.16 bits per heavy atom. The van der Waals surface area contributed by atoms with E-state index in [9.17, 15) is 8.42 Å². The Bertz CT molecular complexity index is 504. The molecule has 0 fully saturated rings. The highest BCUT2D eigenvalue weighted by molar-refractivity contribution is 7.88. The molecule has 0 saturated heterocycles. The molecule has 1 aromatic rings. The summed E-state index contributed by atoms with van der Waals surface area (Å²) < 4.78 is 24.2. The molecular formula is C11H21N5O2S. The van der Waals surface area contributed by atoms with Crippen LogP contribution in [-0.2, 0) is 10.0 Å². The number of rotatable bonds is 8. The third kappa shape index (κ3) is 6.92. The first-order valence-corrected chi connectivity index (χ1v) is 8.08. The summed E-state index contributed by atoms with van der Waals surface area (Å²) in [7, 11) is -3.14. The molecule has 0 aromatic carbocycles. The number of aryl methyl sites for hydroxylation is 1. The van der Waals surface area contributed by atoms with Crippen LogP contribution in [0.15, 0.2) is 6.07 Å². The molecule has 0 aliphatic rings. The Balaban J connectivity index is 2.51. The van der Waals surface area contributed by atoms with E-state index in [-0.39, 0.29) is 0 Å². The largest absolute Gasteiger partial charge is 0.369 e. The Morgan fingerprint density at radius 3 is 2.53 bits per heavy atom. The highest BCUT2D eigenvalue weighted by Gasteiger charge is 2.02. The van der Waals surface area contributed by atoms with Gasteiger partial charge in [0.15, 0.2) is 0 Å². The molecule has 19 heavy (non-hydrogen) atoms. The van der Waals surface area contributed by atoms with Crippen molar-refractivity contribution in [2.45, 2.75) is 20.3 Å². The molecule has 3 N–H and O–H groups in total. The summed E-state index contributed by atoms with van der Waals surface area (Å²) >= 11 is 0. The molecule has 0 amide bonds. The zero-order valence-corrected chi connectivity index (χ0v) is 12.3. The predicted octanol–water partition coefficient (Wildman–Crippen LogP) is 0.568. The molecule has 108 valence electrons. The van der Waals surface area contributed by atoms with Gasteiger partial charge in [-0.15, -0.1) is 0 Å². The lowest BCUT2D eigenvalue weighted by Crippen LogP contribution is -2.27. The van der Waals surface area contributed by atoms with Gasteiger partial charge in [-0.1, -0.05) is 6.92 Å². The van der Waals surface area contributed by atoms with Crippen LogP contribution < -0.4 is 15.4 Å². The van der Waals surface area contributed by atoms with E-state index in [0.29, 0.717) is 24.9 Å². The van der Waals surface area contributed by atoms with Crippen LogP contribution in [0.4, 0.5) is 11.8 Å². The Morgan fingerprint density at radius 2 is 1.89 bits per heavy atom. The molecule has 8 heteroatoms. The van der Waals surface area contributed by atoms with E-state index in [1.807, 2.05) is 13.0 Å². The summed E-state index contributed by atoms with van der Waals surface area (Å²) in [6.07, 6.45) is 2.13. The van der Waals surface area contributed by atoms with Crippen molar-refractivity contribution in [1.29, 1.82) is 0 Å². The molecule has 1 rings (SSSR count). The van der Waals surface area contributed by atoms with Crippen LogP contribution >= 0.6 is 0 Å². The van der Waals surface area contributed by atoms with E-state index >= 15 is 0 Å². The predicted molar refractivity (Wildman–Crippen MR) is 76.9 cm³/mol. The van der Waals surface area contributed by atoms with Crippen LogP contribution in [0.3, 0.4) is 0 Å². The molecule has 0 spiro atoms. The Hall–Kier alpha value is -1.41. The first-order valence-electron chi connectivity index (χ1n) is 6.19. The maximum absolute atomic E-state index is 10.9. The van der Waals surface area contributed by atoms with Gasteiger partial charge in [-0.25, -0.2) is 18.1 Å². The third-order valence-electron chi connectivity index (χ3n) is 2.18. The van der Waals surface area contributed by atoms with Crippen molar-refractivity contribution < 1.29 is 8.42 Å². The highest BCUT2D eigenvalue weighted by atomic mass is 32.2. The smallest absolute Gasteiger partial charge is 0.224 e. The van der Waals surface area contributed by atoms with Crippen LogP contribution in [0.5, 0.6) is 0 Å². The zero-order valence-electron chi connectivity index (χ0n) is 11.5. The second kappa shape index (κ2) is 7.25. The maximum atomic E-state index is 10.9. The number of hydrogen-bond donors (Lipinski definition) is 3. The standard InChI is InChI=1S/C11H21N5O2S/c1-4-5-13-11-15-9(2)8-10(16-11)12-6-7-14-19(3,17)18/h8,14H,4-7H2,1-3H3,(H2,12,13,15,16). The molecule has 1 aromatic heterocycles. The summed E-state index contributed by atoms with van der Waals surface area (Å²) in [5.41, 5.74) is 0.854. The number of hydrogen-bond acceptors (Lipinski definition) is 6. The highest BCUT2D eigenvalue weighted by Crippen LogP contribution is 2.09. The number of nitrogens with zero attached hydrogens (tertiary/aromatic N) is 2. The molecule has 0 saturated carbocycles. The molecule has 0 radical (unpaired) electrons. The zero-order chi connectivity index (χ0) is 14.3. The Kier molecular flexibility index (Phi) is 5.97. The van der Waals surface area contributed by atoms with Crippen molar-refractivity contribution in [3.05, 3.63) is 11.8 Å². The Labute approximate surface area is 114 Å². The minimum Gasteiger partial charge on any atom is -0.369 e. The van der Waals surface area contributed by atoms with Crippen LogP contribution in [0.1, 0.15) is 19.0 Å². The average molecular weight is 287 g/mol. The van der Waals surface area contributed by atoms with Gasteiger partial charge in [-0.05, 0) is 13.3 Å². The quantitative estimate of drug-likeness (QED) is 0.605. The van der Waals surface area contributed by atoms with Gasteiger partial charge in [-0.2, -0.15) is 4.98 Å². The van der Waals surface area contributed by atoms with Crippen molar-refractivity contribution in [2.24, 2.45) is 0 Å². The first kappa shape index (κ1) is 15.6. The summed E-state index contributed by atoms with van der Waals surface area (Å²) in [4.78, 5) is 8.56. The van der Waals surface area contributed by atoms with Crippen molar-refractivity contribution in [3.8, 4) is 0 Å². The summed E-state index contributed by atoms with van der Waals surface area (Å²) in [5, 5.41) is 6.17. The summed E-state index contributed by atoms with van der Waals surface area (Å²) in [5.74, 6) is 1.27. The number of nitrogens with one attached hydrogen (secondary N) is 3. The van der Waals surface area contributed by atoms with Gasteiger partial charge < -0.3 is 10.6 Å². The van der Waals surface area contributed by atoms with Crippen LogP contribution in [0.2, 0.25) is 0 Å². The number of sulfonamides is 1. The first-order chi connectivity index (χ1) is 8.90. The topological polar surface area (TPSA) is 96.0 Å². The van der Waals surface area contributed by atoms with Gasteiger partial charge in [0, 0.05) is 31.4 Å². The van der Waals surface area contributed by atoms with Gasteiger partial charge in [0.05, 0.1) is 6.26 Å². The van der Waals surface area contributed by atoms with E-state index in [2.05, 4.69) is 32.2 Å². The SMILES string of the molecule is CCCNc1nc(C)cc(NCCNS(C)(=O)=O)n1. The van der Waals surface area contributed by atoms with Gasteiger partial charge in [0.1, 0.15) is 5.82 Å². The molecule has 0 aliphatic heterocycles. The lowest BCUT2D eigenvalue weighted by molar-refractivity contribution is 0.589. The maximum Gasteiger partial charge on any atom is 0.224 e. The van der Waals surface area contributed by atoms with Crippen molar-refractivity contribution in [2.75, 3.05) is 36.5 Å². The average Bonchev–Trinajstić information content (AvgIpc) is 2.30. The summed E-state index contributed by atoms with van der Waals surface area (Å²) in [6, 6.07) is 1.82. The lowest BCUT2D eigenvalue weighted by Gasteiger charge is -2.09. The molecule has 7 nitrogen and oxygen atoms in total. The molecule has 0 aliphatic carbocycles. The van der Waals surface area contributed by atoms with Gasteiger partial charge >= 0.3 is 0 Å². The fourth-order valence-corrected chi connectivity index (χ4v) is 1.87. The van der Waals surface area contributed by atoms with Gasteiger partial charge in [-0.3, -0.25) is 0 Å². The normalized spacial score (nSPS) is 11.3. The minimum atomic E-state index is -3.14. The molecule has 0 bridgehead atoms. The lowest BCUT2D eigenvalue weighted by atomic mass is 10.4. The van der Waals surface area contributed by atoms with E-state index in [1.165, 1.54) is 0 Å². The molecule has 1 heterocycles. The summed E-state index contributed by atoms with van der Waals surface area (Å²) in [6.45, 7) is 5.56. The van der Waals surface area contributed by atoms with Crippen molar-refractivity contribution in [1.82, 2.24) is 14.7 Å². The van der Waals surface area contributed by atoms with Crippen molar-refractivity contribution >= 4 is 21.8 Å². The van der Waals surface area contributed by atoms with Crippen LogP contribution in [-0.4, -0.2) is 44.3 Å². The monoisotopic (exact) mass is 287 g/mol. The second-order valence-corrected chi connectivity index (χ2v) is 6.07. The third-order valence-corrected chi connectivity index (χ3v) is 2.91. The molecular weight excluding hydrogens is 266 g/mol. The van der Waals surface area contributed by atoms with E-state index < -0.39 is 10.0 Å². The molecule has 0 unspecified atom stereocenters. The van der Waals surface area contributed by atoms with Gasteiger partial charge in [0.2, 0.25) is 16.0 Å². The second-order valence-electron chi connectivity index (χ2n) is 4.24. The van der Waals surface area contributed by atoms with Crippen LogP contribution in [0, 0.1) is 6.92 Å². The van der Waals surface area contributed by atoms with E-state index in [1.54, 1.807) is 0 Å². The van der Waals surface area contributed by atoms with Crippen molar-refractivity contribution in [3.63, 3.8) is 0 Å². The fraction of sp³-hybridized carbons (Fsp3) is 0.636.